The molecule has 0 spiro atoms. The van der Waals surface area contributed by atoms with Gasteiger partial charge in [-0.1, -0.05) is 76.6 Å². The van der Waals surface area contributed by atoms with Crippen molar-refractivity contribution in [2.45, 2.75) is 59.2 Å². The maximum atomic E-state index is 13.1. The molecule has 1 unspecified atom stereocenters. The number of urea groups is 1. The normalized spacial score (nSPS) is 15.0. The van der Waals surface area contributed by atoms with E-state index in [0.717, 1.165) is 41.6 Å². The molecule has 1 saturated heterocycles. The Morgan fingerprint density at radius 2 is 1.79 bits per heavy atom. The molecule has 47 heavy (non-hydrogen) atoms. The lowest BCUT2D eigenvalue weighted by Gasteiger charge is -2.23. The summed E-state index contributed by atoms with van der Waals surface area (Å²) in [5, 5.41) is 3.12. The fraction of sp³-hybridized carbons (Fsp3) is 0.314. The number of aliphatic imine (C=N–C) groups is 1. The van der Waals surface area contributed by atoms with Crippen LogP contribution in [-0.4, -0.2) is 38.8 Å². The lowest BCUT2D eigenvalue weighted by Crippen LogP contribution is -2.31. The fourth-order valence-electron chi connectivity index (χ4n) is 5.47. The Labute approximate surface area is 276 Å². The van der Waals surface area contributed by atoms with Crippen molar-refractivity contribution >= 4 is 40.2 Å². The zero-order valence-electron chi connectivity index (χ0n) is 26.5. The first-order chi connectivity index (χ1) is 22.4. The van der Waals surface area contributed by atoms with Crippen LogP contribution in [0.1, 0.15) is 57.6 Å². The summed E-state index contributed by atoms with van der Waals surface area (Å²) in [6.07, 6.45) is 1.69. The number of nitrogens with zero attached hydrogens (tertiary/aromatic N) is 4. The summed E-state index contributed by atoms with van der Waals surface area (Å²) < 4.78 is 43.0. The predicted molar refractivity (Wildman–Crippen MR) is 180 cm³/mol. The molecular formula is C35H36F3N5O3S. The predicted octanol–water partition coefficient (Wildman–Crippen LogP) is 9.21. The van der Waals surface area contributed by atoms with Gasteiger partial charge in [0, 0.05) is 23.1 Å². The highest BCUT2D eigenvalue weighted by molar-refractivity contribution is 8.15. The fourth-order valence-corrected chi connectivity index (χ4v) is 6.33. The van der Waals surface area contributed by atoms with Crippen LogP contribution in [0.4, 0.5) is 29.3 Å². The topological polar surface area (TPSA) is 88.8 Å². The Kier molecular flexibility index (Phi) is 10.4. The highest BCUT2D eigenvalue weighted by atomic mass is 32.2. The van der Waals surface area contributed by atoms with Crippen LogP contribution in [0, 0.1) is 5.92 Å². The van der Waals surface area contributed by atoms with E-state index in [1.807, 2.05) is 0 Å². The molecule has 0 aliphatic carbocycles. The third-order valence-electron chi connectivity index (χ3n) is 7.67. The number of nitrogens with one attached hydrogen (secondary N) is 1. The third-order valence-corrected chi connectivity index (χ3v) is 8.59. The van der Waals surface area contributed by atoms with Crippen molar-refractivity contribution in [3.05, 3.63) is 90.4 Å². The van der Waals surface area contributed by atoms with Crippen molar-refractivity contribution in [1.82, 2.24) is 9.55 Å². The Hall–Kier alpha value is -4.58. The third kappa shape index (κ3) is 8.62. The lowest BCUT2D eigenvalue weighted by atomic mass is 9.93. The van der Waals surface area contributed by atoms with Gasteiger partial charge >= 0.3 is 12.4 Å². The first-order valence-electron chi connectivity index (χ1n) is 15.4. The van der Waals surface area contributed by atoms with Gasteiger partial charge in [0.2, 0.25) is 5.91 Å². The maximum Gasteiger partial charge on any atom is 0.573 e. The van der Waals surface area contributed by atoms with Gasteiger partial charge in [0.1, 0.15) is 5.75 Å². The van der Waals surface area contributed by atoms with Gasteiger partial charge in [-0.15, -0.1) is 13.2 Å². The second-order valence-corrected chi connectivity index (χ2v) is 12.7. The Morgan fingerprint density at radius 3 is 2.45 bits per heavy atom. The monoisotopic (exact) mass is 663 g/mol. The molecule has 0 bridgehead atoms. The van der Waals surface area contributed by atoms with E-state index in [-0.39, 0.29) is 23.3 Å². The minimum atomic E-state index is -4.76. The number of anilines is 2. The summed E-state index contributed by atoms with van der Waals surface area (Å²) >= 11 is 1.24. The Bertz CT molecular complexity index is 1750. The average Bonchev–Trinajstić information content (AvgIpc) is 3.64. The molecular weight excluding hydrogens is 627 g/mol. The van der Waals surface area contributed by atoms with Gasteiger partial charge in [-0.05, 0) is 71.8 Å². The summed E-state index contributed by atoms with van der Waals surface area (Å²) in [6, 6.07) is 18.2. The number of imidazole rings is 1. The van der Waals surface area contributed by atoms with Crippen molar-refractivity contribution < 1.29 is 27.5 Å². The molecule has 0 saturated carbocycles. The van der Waals surface area contributed by atoms with E-state index in [0.29, 0.717) is 28.2 Å². The molecule has 3 aromatic carbocycles. The zero-order valence-corrected chi connectivity index (χ0v) is 27.4. The van der Waals surface area contributed by atoms with Crippen molar-refractivity contribution in [2.24, 2.45) is 10.9 Å². The van der Waals surface area contributed by atoms with E-state index < -0.39 is 12.4 Å². The minimum absolute atomic E-state index is 0.114. The number of benzene rings is 3. The number of halogens is 3. The van der Waals surface area contributed by atoms with E-state index in [1.165, 1.54) is 36.0 Å². The highest BCUT2D eigenvalue weighted by Gasteiger charge is 2.33. The van der Waals surface area contributed by atoms with Crippen molar-refractivity contribution in [2.75, 3.05) is 16.0 Å². The smallest absolute Gasteiger partial charge is 0.406 e. The molecule has 1 N–H and O–H groups in total. The van der Waals surface area contributed by atoms with Gasteiger partial charge in [-0.25, -0.2) is 9.78 Å². The zero-order chi connectivity index (χ0) is 33.7. The number of amidine groups is 1. The number of carbonyl (C=O) groups is 2. The maximum absolute atomic E-state index is 13.1. The van der Waals surface area contributed by atoms with Crippen LogP contribution < -0.4 is 15.0 Å². The van der Waals surface area contributed by atoms with Crippen LogP contribution in [0.5, 0.6) is 5.75 Å². The van der Waals surface area contributed by atoms with Gasteiger partial charge in [-0.3, -0.25) is 9.69 Å². The van der Waals surface area contributed by atoms with Gasteiger partial charge in [0.25, 0.3) is 0 Å². The molecule has 3 amide bonds. The standard InChI is InChI=1S/C35H36F3N5O3S/c1-5-6-23(4)17-24-7-16-29(22(2)3)31(18-24)43-32(44)20-47-34(43)41-33(45)40-26-10-8-25(9-11-26)30-19-42(21-39-30)27-12-14-28(15-13-27)46-35(36,37)38/h7-16,18-19,21-23H,5-6,17,20H2,1-4H3,(H,40,45). The van der Waals surface area contributed by atoms with Gasteiger partial charge in [0.05, 0.1) is 23.5 Å². The van der Waals surface area contributed by atoms with Crippen LogP contribution in [-0.2, 0) is 11.2 Å². The van der Waals surface area contributed by atoms with E-state index in [4.69, 9.17) is 0 Å². The van der Waals surface area contributed by atoms with E-state index >= 15 is 0 Å². The average molecular weight is 664 g/mol. The molecule has 4 aromatic rings. The van der Waals surface area contributed by atoms with Gasteiger partial charge < -0.3 is 14.6 Å². The second-order valence-electron chi connectivity index (χ2n) is 11.8. The number of hydrogen-bond acceptors (Lipinski definition) is 5. The Morgan fingerprint density at radius 1 is 1.06 bits per heavy atom. The van der Waals surface area contributed by atoms with Crippen LogP contribution in [0.3, 0.4) is 0 Å². The van der Waals surface area contributed by atoms with Crippen molar-refractivity contribution in [1.29, 1.82) is 0 Å². The number of hydrogen-bond donors (Lipinski definition) is 1. The van der Waals surface area contributed by atoms with Crippen molar-refractivity contribution in [3.63, 3.8) is 0 Å². The molecule has 8 nitrogen and oxygen atoms in total. The van der Waals surface area contributed by atoms with Crippen LogP contribution >= 0.6 is 11.8 Å². The molecule has 2 heterocycles. The summed E-state index contributed by atoms with van der Waals surface area (Å²) in [5.74, 6) is 0.468. The molecule has 1 aliphatic rings. The first kappa shape index (κ1) is 33.8. The largest absolute Gasteiger partial charge is 0.573 e. The molecule has 1 atom stereocenters. The number of rotatable bonds is 10. The lowest BCUT2D eigenvalue weighted by molar-refractivity contribution is -0.274. The highest BCUT2D eigenvalue weighted by Crippen LogP contribution is 2.35. The van der Waals surface area contributed by atoms with Gasteiger partial charge in [0.15, 0.2) is 5.17 Å². The quantitative estimate of drug-likeness (QED) is 0.183. The van der Waals surface area contributed by atoms with Crippen LogP contribution in [0.15, 0.2) is 84.2 Å². The molecule has 1 aliphatic heterocycles. The SMILES string of the molecule is CCCC(C)Cc1ccc(C(C)C)c(N2C(=O)CSC2=NC(=O)Nc2ccc(-c3cn(-c4ccc(OC(F)(F)F)cc4)cn3)cc2)c1. The van der Waals surface area contributed by atoms with E-state index in [9.17, 15) is 22.8 Å². The number of amides is 3. The molecule has 0 radical (unpaired) electrons. The molecule has 246 valence electrons. The molecule has 1 fully saturated rings. The summed E-state index contributed by atoms with van der Waals surface area (Å²) in [5.41, 5.74) is 5.46. The van der Waals surface area contributed by atoms with Gasteiger partial charge in [-0.2, -0.15) is 4.99 Å². The summed E-state index contributed by atoms with van der Waals surface area (Å²) in [4.78, 5) is 36.4. The van der Waals surface area contributed by atoms with Crippen molar-refractivity contribution in [3.8, 4) is 22.7 Å². The number of alkyl halides is 3. The molecule has 1 aromatic heterocycles. The minimum Gasteiger partial charge on any atom is -0.406 e. The van der Waals surface area contributed by atoms with Crippen LogP contribution in [0.25, 0.3) is 16.9 Å². The van der Waals surface area contributed by atoms with E-state index in [2.05, 4.69) is 65.9 Å². The number of aromatic nitrogens is 2. The summed E-state index contributed by atoms with van der Waals surface area (Å²) in [6.45, 7) is 8.57. The van der Waals surface area contributed by atoms with Crippen LogP contribution in [0.2, 0.25) is 0 Å². The summed E-state index contributed by atoms with van der Waals surface area (Å²) in [7, 11) is 0. The Balaban J connectivity index is 1.28. The second kappa shape index (κ2) is 14.5. The number of carbonyl (C=O) groups excluding carboxylic acids is 2. The number of thioether (sulfide) groups is 1. The molecule has 12 heteroatoms. The molecule has 5 rings (SSSR count). The number of ether oxygens (including phenoxy) is 1. The first-order valence-corrected chi connectivity index (χ1v) is 16.4. The van der Waals surface area contributed by atoms with E-state index in [1.54, 1.807) is 46.3 Å².